The van der Waals surface area contributed by atoms with Crippen molar-refractivity contribution >= 4 is 29.1 Å². The van der Waals surface area contributed by atoms with E-state index in [0.717, 1.165) is 38.5 Å². The summed E-state index contributed by atoms with van der Waals surface area (Å²) in [4.78, 5) is 42.9. The van der Waals surface area contributed by atoms with Gasteiger partial charge in [0.2, 0.25) is 11.6 Å². The lowest BCUT2D eigenvalue weighted by Crippen LogP contribution is -2.67. The third kappa shape index (κ3) is 4.55. The average molecular weight is 676 g/mol. The quantitative estimate of drug-likeness (QED) is 0.228. The van der Waals surface area contributed by atoms with Gasteiger partial charge in [0.1, 0.15) is 16.8 Å². The fourth-order valence-corrected chi connectivity index (χ4v) is 13.6. The van der Waals surface area contributed by atoms with Crippen molar-refractivity contribution in [1.29, 1.82) is 0 Å². The van der Waals surface area contributed by atoms with Crippen LogP contribution in [0.4, 0.5) is 0 Å². The van der Waals surface area contributed by atoms with Crippen LogP contribution < -0.4 is 0 Å². The Morgan fingerprint density at radius 2 is 1.67 bits per heavy atom. The number of ether oxygens (including phenoxy) is 2. The second kappa shape index (κ2) is 11.3. The zero-order chi connectivity index (χ0) is 34.6. The molecule has 0 N–H and O–H groups in total. The van der Waals surface area contributed by atoms with Gasteiger partial charge in [0.25, 0.3) is 0 Å². The fraction of sp³-hybridized carbons (Fsp3) is 0.707. The lowest BCUT2D eigenvalue weighted by atomic mass is 9.32. The number of aromatic nitrogens is 1. The lowest BCUT2D eigenvalue weighted by Gasteiger charge is -2.73. The Balaban J connectivity index is 1.17. The van der Waals surface area contributed by atoms with Crippen molar-refractivity contribution in [3.05, 3.63) is 52.5 Å². The summed E-state index contributed by atoms with van der Waals surface area (Å²) < 4.78 is 12.4. The first-order chi connectivity index (χ1) is 22.5. The van der Waals surface area contributed by atoms with Crippen LogP contribution in [0, 0.1) is 56.7 Å². The summed E-state index contributed by atoms with van der Waals surface area (Å²) in [5.74, 6) is 1.56. The number of ketones is 2. The topological polar surface area (TPSA) is 82.6 Å². The third-order valence-electron chi connectivity index (χ3n) is 15.9. The fourth-order valence-electron chi connectivity index (χ4n) is 13.4. The van der Waals surface area contributed by atoms with Crippen LogP contribution in [0.15, 0.2) is 41.3 Å². The van der Waals surface area contributed by atoms with Crippen molar-refractivity contribution in [2.45, 2.75) is 119 Å². The van der Waals surface area contributed by atoms with E-state index >= 15 is 0 Å². The predicted molar refractivity (Wildman–Crippen MR) is 186 cm³/mol. The van der Waals surface area contributed by atoms with E-state index in [-0.39, 0.29) is 61.2 Å². The van der Waals surface area contributed by atoms with Crippen LogP contribution in [0.2, 0.25) is 0 Å². The molecule has 5 saturated carbocycles. The van der Waals surface area contributed by atoms with E-state index in [1.807, 2.05) is 0 Å². The number of allylic oxidation sites excluding steroid dienone is 3. The molecule has 6 nitrogen and oxygen atoms in total. The van der Waals surface area contributed by atoms with Crippen LogP contribution >= 0.6 is 11.6 Å². The number of fused-ring (bicyclic) bond motifs is 8. The monoisotopic (exact) mass is 675 g/mol. The molecule has 0 radical (unpaired) electrons. The molecule has 0 aliphatic heterocycles. The minimum absolute atomic E-state index is 0.0358. The van der Waals surface area contributed by atoms with Crippen LogP contribution in [-0.2, 0) is 14.3 Å². The zero-order valence-corrected chi connectivity index (χ0v) is 30.8. The Kier molecular flexibility index (Phi) is 7.98. The van der Waals surface area contributed by atoms with Crippen molar-refractivity contribution in [1.82, 2.24) is 4.98 Å². The molecule has 48 heavy (non-hydrogen) atoms. The summed E-state index contributed by atoms with van der Waals surface area (Å²) in [6, 6.07) is 3.25. The highest BCUT2D eigenvalue weighted by molar-refractivity contribution is 6.49. The van der Waals surface area contributed by atoms with E-state index in [1.165, 1.54) is 37.5 Å². The molecule has 0 unspecified atom stereocenters. The first-order valence-corrected chi connectivity index (χ1v) is 18.8. The Morgan fingerprint density at radius 1 is 0.917 bits per heavy atom. The maximum absolute atomic E-state index is 13.5. The number of carbonyl (C=O) groups excluding carboxylic acids is 3. The first-order valence-electron chi connectivity index (χ1n) is 18.4. The largest absolute Gasteiger partial charge is 0.484 e. The number of esters is 1. The Hall–Kier alpha value is -2.47. The standard InChI is InChI=1S/C41H54ClNO5/c1-23(2)25-13-18-41(22-47-24(3)44)20-19-39(7)27(31(25)41)11-12-29-38(6)16-15-30(37(4,5)28(38)14-17-40(29,39)8)48-36-32(42)34(45)26-10-9-21-43-33(26)35(36)46/h9-10,21,25,27-31H,1,11-20,22H2,2-8H3/t25-,27+,28-,29+,30-,31+,38-,39+,40+,41+/m0/s1. The maximum Gasteiger partial charge on any atom is 0.302 e. The summed E-state index contributed by atoms with van der Waals surface area (Å²) in [6.07, 6.45) is 12.4. The molecule has 0 bridgehead atoms. The number of pyridine rings is 1. The van der Waals surface area contributed by atoms with Gasteiger partial charge in [0.15, 0.2) is 5.76 Å². The molecule has 0 amide bonds. The smallest absolute Gasteiger partial charge is 0.302 e. The molecule has 7 rings (SSSR count). The van der Waals surface area contributed by atoms with Crippen LogP contribution in [0.25, 0.3) is 0 Å². The van der Waals surface area contributed by atoms with Crippen molar-refractivity contribution in [2.75, 3.05) is 6.61 Å². The molecule has 1 heterocycles. The van der Waals surface area contributed by atoms with Gasteiger partial charge in [-0.05, 0) is 129 Å². The Morgan fingerprint density at radius 3 is 2.38 bits per heavy atom. The molecule has 1 aromatic heterocycles. The summed E-state index contributed by atoms with van der Waals surface area (Å²) >= 11 is 6.56. The highest BCUT2D eigenvalue weighted by Gasteiger charge is 2.71. The predicted octanol–water partition coefficient (Wildman–Crippen LogP) is 9.52. The number of nitrogens with zero attached hydrogens (tertiary/aromatic N) is 1. The summed E-state index contributed by atoms with van der Waals surface area (Å²) in [6.45, 7) is 21.2. The van der Waals surface area contributed by atoms with Gasteiger partial charge >= 0.3 is 5.97 Å². The molecule has 6 aliphatic rings. The average Bonchev–Trinajstić information content (AvgIpc) is 3.42. The molecule has 10 atom stereocenters. The zero-order valence-electron chi connectivity index (χ0n) is 30.0. The molecule has 0 aromatic carbocycles. The SMILES string of the molecule is C=C(C)[C@@H]1CC[C@]2(COC(C)=O)CC[C@]3(C)[C@H](CC[C@@H]4[C@@]5(C)CC[C@H](OC6=C(Cl)C(=O)c7cccnc7C6=O)C(C)(C)[C@@H]5CC[C@]43C)[C@@H]12. The van der Waals surface area contributed by atoms with E-state index in [1.54, 1.807) is 19.1 Å². The normalized spacial score (nSPS) is 42.9. The minimum Gasteiger partial charge on any atom is -0.484 e. The van der Waals surface area contributed by atoms with Crippen LogP contribution in [0.3, 0.4) is 0 Å². The molecule has 260 valence electrons. The van der Waals surface area contributed by atoms with E-state index < -0.39 is 11.6 Å². The van der Waals surface area contributed by atoms with E-state index in [2.05, 4.69) is 53.1 Å². The number of halogens is 1. The molecule has 0 spiro atoms. The molecular formula is C41H54ClNO5. The second-order valence-electron chi connectivity index (χ2n) is 18.0. The summed E-state index contributed by atoms with van der Waals surface area (Å²) in [5.41, 5.74) is 2.00. The molecule has 1 aromatic rings. The number of hydrogen-bond donors (Lipinski definition) is 0. The van der Waals surface area contributed by atoms with Crippen molar-refractivity contribution in [3.8, 4) is 0 Å². The minimum atomic E-state index is -0.399. The van der Waals surface area contributed by atoms with Gasteiger partial charge in [-0.2, -0.15) is 0 Å². The maximum atomic E-state index is 13.5. The van der Waals surface area contributed by atoms with Gasteiger partial charge < -0.3 is 9.47 Å². The van der Waals surface area contributed by atoms with Gasteiger partial charge in [-0.1, -0.05) is 58.4 Å². The van der Waals surface area contributed by atoms with Crippen molar-refractivity contribution in [3.63, 3.8) is 0 Å². The molecular weight excluding hydrogens is 622 g/mol. The number of hydrogen-bond acceptors (Lipinski definition) is 6. The number of carbonyl (C=O) groups is 3. The highest BCUT2D eigenvalue weighted by Crippen LogP contribution is 2.77. The Labute approximate surface area is 291 Å². The number of Topliss-reactive ketones (excluding diaryl/α,β-unsaturated/α-hetero) is 2. The van der Waals surface area contributed by atoms with E-state index in [0.29, 0.717) is 36.2 Å². The summed E-state index contributed by atoms with van der Waals surface area (Å²) in [7, 11) is 0. The third-order valence-corrected chi connectivity index (χ3v) is 16.2. The van der Waals surface area contributed by atoms with Gasteiger partial charge in [-0.3, -0.25) is 19.4 Å². The molecule has 0 saturated heterocycles. The van der Waals surface area contributed by atoms with Gasteiger partial charge in [-0.25, -0.2) is 0 Å². The van der Waals surface area contributed by atoms with Gasteiger partial charge in [0.05, 0.1) is 12.2 Å². The number of rotatable bonds is 5. The first kappa shape index (κ1) is 34.0. The second-order valence-corrected chi connectivity index (χ2v) is 18.4. The van der Waals surface area contributed by atoms with Crippen LogP contribution in [0.1, 0.15) is 134 Å². The lowest BCUT2D eigenvalue weighted by molar-refractivity contribution is -0.250. The van der Waals surface area contributed by atoms with Gasteiger partial charge in [0, 0.05) is 24.0 Å². The van der Waals surface area contributed by atoms with Crippen molar-refractivity contribution in [2.24, 2.45) is 56.7 Å². The molecule has 7 heteroatoms. The summed E-state index contributed by atoms with van der Waals surface area (Å²) in [5, 5.41) is -0.130. The van der Waals surface area contributed by atoms with Crippen molar-refractivity contribution < 1.29 is 23.9 Å². The van der Waals surface area contributed by atoms with Gasteiger partial charge in [-0.15, -0.1) is 0 Å². The van der Waals surface area contributed by atoms with E-state index in [9.17, 15) is 14.4 Å². The molecule has 5 fully saturated rings. The molecule has 6 aliphatic carbocycles. The Bertz CT molecular complexity index is 1610. The van der Waals surface area contributed by atoms with Crippen LogP contribution in [-0.4, -0.2) is 35.2 Å². The van der Waals surface area contributed by atoms with E-state index in [4.69, 9.17) is 21.1 Å². The van der Waals surface area contributed by atoms with Crippen LogP contribution in [0.5, 0.6) is 0 Å². The highest BCUT2D eigenvalue weighted by atomic mass is 35.5.